The van der Waals surface area contributed by atoms with E-state index in [0.29, 0.717) is 5.92 Å². The molecule has 0 aliphatic heterocycles. The van der Waals surface area contributed by atoms with E-state index in [4.69, 9.17) is 17.0 Å². The Morgan fingerprint density at radius 2 is 1.23 bits per heavy atom. The Morgan fingerprint density at radius 1 is 0.692 bits per heavy atom. The third kappa shape index (κ3) is 6.80. The number of benzene rings is 4. The molecule has 0 saturated carbocycles. The monoisotopic (exact) mass is 825 g/mol. The van der Waals surface area contributed by atoms with Crippen molar-refractivity contribution in [3.63, 3.8) is 0 Å². The van der Waals surface area contributed by atoms with Gasteiger partial charge in [0.2, 0.25) is 0 Å². The topological polar surface area (TPSA) is 0 Å². The molecule has 2 aliphatic carbocycles. The second-order valence-electron chi connectivity index (χ2n) is 18.6. The van der Waals surface area contributed by atoms with Crippen LogP contribution in [0.5, 0.6) is 0 Å². The number of rotatable bonds is 9. The fourth-order valence-corrected chi connectivity index (χ4v) is 41.3. The Kier molecular flexibility index (Phi) is 10.9. The Hall–Kier alpha value is -1.96. The first-order valence-corrected chi connectivity index (χ1v) is 36.1. The summed E-state index contributed by atoms with van der Waals surface area (Å²) >= 11 is -4.92. The van der Waals surface area contributed by atoms with Gasteiger partial charge in [0.15, 0.2) is 0 Å². The third-order valence-electron chi connectivity index (χ3n) is 12.4. The van der Waals surface area contributed by atoms with Gasteiger partial charge in [-0.1, -0.05) is 0 Å². The molecule has 4 aromatic carbocycles. The number of hydrogen-bond acceptors (Lipinski definition) is 0. The average Bonchev–Trinajstić information content (AvgIpc) is 3.66. The van der Waals surface area contributed by atoms with Crippen molar-refractivity contribution in [3.05, 3.63) is 129 Å². The zero-order valence-corrected chi connectivity index (χ0v) is 39.0. The van der Waals surface area contributed by atoms with E-state index in [0.717, 1.165) is 19.3 Å². The second kappa shape index (κ2) is 14.3. The molecule has 0 heterocycles. The van der Waals surface area contributed by atoms with E-state index in [1.54, 1.807) is 0 Å². The molecule has 0 radical (unpaired) electrons. The van der Waals surface area contributed by atoms with Gasteiger partial charge in [0.05, 0.1) is 0 Å². The normalized spacial score (nSPS) is 18.3. The summed E-state index contributed by atoms with van der Waals surface area (Å²) < 4.78 is 0.160. The number of allylic oxidation sites excluding steroid dienone is 2. The van der Waals surface area contributed by atoms with E-state index >= 15 is 0 Å². The Bertz CT molecular complexity index is 2030. The van der Waals surface area contributed by atoms with Crippen LogP contribution < -0.4 is 0 Å². The van der Waals surface area contributed by atoms with Crippen LogP contribution in [0.25, 0.3) is 34.4 Å². The second-order valence-corrected chi connectivity index (χ2v) is 61.1. The van der Waals surface area contributed by atoms with E-state index in [1.807, 2.05) is 0 Å². The zero-order valence-electron chi connectivity index (χ0n) is 33.8. The molecular formula is C48H61Cl2SiZr. The Labute approximate surface area is 324 Å². The number of unbranched alkanes of at least 4 members (excludes halogenated alkanes) is 1. The van der Waals surface area contributed by atoms with Crippen molar-refractivity contribution in [3.8, 4) is 22.3 Å². The molecule has 275 valence electrons. The van der Waals surface area contributed by atoms with Gasteiger partial charge in [0.1, 0.15) is 0 Å². The summed E-state index contributed by atoms with van der Waals surface area (Å²) in [6.45, 7) is 28.0. The third-order valence-corrected chi connectivity index (χ3v) is 64.3. The van der Waals surface area contributed by atoms with Gasteiger partial charge in [-0.05, 0) is 0 Å². The summed E-state index contributed by atoms with van der Waals surface area (Å²) in [5, 5.41) is 0. The van der Waals surface area contributed by atoms with Crippen LogP contribution in [0.15, 0.2) is 90.0 Å². The summed E-state index contributed by atoms with van der Waals surface area (Å²) in [5.41, 5.74) is 17.8. The molecular weight excluding hydrogens is 767 g/mol. The number of halogens is 2. The van der Waals surface area contributed by atoms with Crippen molar-refractivity contribution in [1.29, 1.82) is 0 Å². The Balaban J connectivity index is 1.57. The van der Waals surface area contributed by atoms with Crippen LogP contribution >= 0.6 is 17.0 Å². The number of fused-ring (bicyclic) bond motifs is 2. The van der Waals surface area contributed by atoms with E-state index in [-0.39, 0.29) is 18.1 Å². The maximum absolute atomic E-state index is 8.83. The van der Waals surface area contributed by atoms with Gasteiger partial charge in [-0.15, -0.1) is 0 Å². The van der Waals surface area contributed by atoms with Crippen molar-refractivity contribution < 1.29 is 15.6 Å². The molecule has 0 nitrogen and oxygen atoms in total. The van der Waals surface area contributed by atoms with Crippen LogP contribution in [0.3, 0.4) is 0 Å². The zero-order chi connectivity index (χ0) is 38.0. The fraction of sp³-hybridized carbons (Fsp3) is 0.417. The number of hydrogen-bond donors (Lipinski definition) is 0. The van der Waals surface area contributed by atoms with E-state index in [2.05, 4.69) is 173 Å². The minimum absolute atomic E-state index is 0.0771. The summed E-state index contributed by atoms with van der Waals surface area (Å²) in [5.74, 6) is -1.34. The molecule has 2 atom stereocenters. The van der Waals surface area contributed by atoms with Gasteiger partial charge in [0, 0.05) is 0 Å². The minimum atomic E-state index is -4.92. The summed E-state index contributed by atoms with van der Waals surface area (Å²) in [7, 11) is 17.7. The van der Waals surface area contributed by atoms with Crippen molar-refractivity contribution in [2.45, 2.75) is 120 Å². The SMILES string of the molecule is CCCCc1ccc(-c2ccc(C(C)(C)C)cc2)c2c1[CH]([Zr]([Cl])([Cl])([CH]1C(C(C)C)=Cc3c(-c4ccc(C(C)(C)C)cc4)cccc31)[SiH](C)C)C(C)=C2. The van der Waals surface area contributed by atoms with Gasteiger partial charge in [0.25, 0.3) is 0 Å². The van der Waals surface area contributed by atoms with Gasteiger partial charge >= 0.3 is 327 Å². The molecule has 2 aliphatic rings. The predicted molar refractivity (Wildman–Crippen MR) is 232 cm³/mol. The molecule has 4 aromatic rings. The van der Waals surface area contributed by atoms with Crippen molar-refractivity contribution in [2.75, 3.05) is 0 Å². The van der Waals surface area contributed by atoms with Crippen LogP contribution in [-0.2, 0) is 32.8 Å². The summed E-state index contributed by atoms with van der Waals surface area (Å²) in [6.07, 6.45) is 8.37. The van der Waals surface area contributed by atoms with Crippen LogP contribution in [0.4, 0.5) is 0 Å². The quantitative estimate of drug-likeness (QED) is 0.147. The van der Waals surface area contributed by atoms with Crippen LogP contribution in [0.1, 0.15) is 128 Å². The molecule has 0 N–H and O–H groups in total. The van der Waals surface area contributed by atoms with Crippen LogP contribution in [0, 0.1) is 5.92 Å². The molecule has 4 heteroatoms. The first kappa shape index (κ1) is 39.7. The fourth-order valence-electron chi connectivity index (χ4n) is 9.19. The molecule has 0 spiro atoms. The first-order valence-electron chi connectivity index (χ1n) is 19.8. The van der Waals surface area contributed by atoms with Crippen LogP contribution in [-0.4, -0.2) is 5.92 Å². The first-order chi connectivity index (χ1) is 24.3. The van der Waals surface area contributed by atoms with Gasteiger partial charge in [-0.2, -0.15) is 0 Å². The number of aryl methyl sites for hydroxylation is 1. The molecule has 2 unspecified atom stereocenters. The van der Waals surface area contributed by atoms with E-state index in [9.17, 15) is 0 Å². The van der Waals surface area contributed by atoms with Crippen molar-refractivity contribution >= 4 is 35.1 Å². The molecule has 0 saturated heterocycles. The van der Waals surface area contributed by atoms with E-state index in [1.165, 1.54) is 72.3 Å². The average molecular weight is 828 g/mol. The molecule has 52 heavy (non-hydrogen) atoms. The predicted octanol–water partition coefficient (Wildman–Crippen LogP) is 15.2. The summed E-state index contributed by atoms with van der Waals surface area (Å²) in [4.78, 5) is 0. The van der Waals surface area contributed by atoms with E-state index < -0.39 is 21.5 Å². The van der Waals surface area contributed by atoms with Crippen molar-refractivity contribution in [1.82, 2.24) is 0 Å². The molecule has 0 bridgehead atoms. The van der Waals surface area contributed by atoms with Gasteiger partial charge in [-0.25, -0.2) is 0 Å². The summed E-state index contributed by atoms with van der Waals surface area (Å²) in [6, 6.07) is 30.2. The molecule has 0 amide bonds. The van der Waals surface area contributed by atoms with Crippen molar-refractivity contribution in [2.24, 2.45) is 5.92 Å². The van der Waals surface area contributed by atoms with Gasteiger partial charge < -0.3 is 0 Å². The van der Waals surface area contributed by atoms with Gasteiger partial charge in [-0.3, -0.25) is 0 Å². The van der Waals surface area contributed by atoms with Crippen LogP contribution in [0.2, 0.25) is 13.1 Å². The standard InChI is InChI=1S/C24H29.C22H25.C2H7Si.2ClH.Zr/c1-6-7-8-18-11-14-21(23-16-17(2)15-22(18)23)19-9-12-20(13-10-19)24(3,4)5;1-15(2)18-13-17-7-6-8-20(21(17)14-18)16-9-11-19(12-10-16)22(3,4)5;1-3-2;;;/h9-16H,6-8H2,1-5H3;6-15H,1-5H3;3H,1-2H3;2*1H;/q;;;;;+2/p-2. The Morgan fingerprint density at radius 3 is 1.71 bits per heavy atom. The molecule has 0 aromatic heterocycles. The molecule has 6 rings (SSSR count). The maximum atomic E-state index is 8.83. The molecule has 0 fully saturated rings.